The number of benzene rings is 1. The minimum absolute atomic E-state index is 0.125. The van der Waals surface area contributed by atoms with Crippen molar-refractivity contribution in [3.8, 4) is 5.75 Å². The van der Waals surface area contributed by atoms with Crippen molar-refractivity contribution in [1.29, 1.82) is 0 Å². The van der Waals surface area contributed by atoms with E-state index in [1.54, 1.807) is 6.07 Å². The number of hydrogen-bond donors (Lipinski definition) is 1. The molecule has 1 atom stereocenters. The van der Waals surface area contributed by atoms with E-state index in [0.29, 0.717) is 0 Å². The van der Waals surface area contributed by atoms with Gasteiger partial charge < -0.3 is 5.11 Å². The van der Waals surface area contributed by atoms with E-state index in [0.717, 1.165) is 0 Å². The Bertz CT molecular complexity index is 351. The zero-order valence-corrected chi connectivity index (χ0v) is 7.35. The lowest BCUT2D eigenvalue weighted by Gasteiger charge is -2.03. The van der Waals surface area contributed by atoms with Crippen molar-refractivity contribution in [2.75, 3.05) is 0 Å². The first-order valence-electron chi connectivity index (χ1n) is 3.87. The van der Waals surface area contributed by atoms with Crippen LogP contribution in [-0.2, 0) is 0 Å². The van der Waals surface area contributed by atoms with Crippen LogP contribution in [0.25, 0.3) is 0 Å². The van der Waals surface area contributed by atoms with Gasteiger partial charge in [0.05, 0.1) is 10.9 Å². The second kappa shape index (κ2) is 2.58. The zero-order valence-electron chi connectivity index (χ0n) is 6.60. The molecule has 4 heteroatoms. The maximum Gasteiger partial charge on any atom is 0.256 e. The molecule has 0 spiro atoms. The lowest BCUT2D eigenvalue weighted by Crippen LogP contribution is -1.93. The third-order valence-electron chi connectivity index (χ3n) is 2.22. The molecule has 0 amide bonds. The summed E-state index contributed by atoms with van der Waals surface area (Å²) in [6, 6.07) is 4.51. The number of aromatic hydroxyl groups is 1. The maximum atomic E-state index is 12.6. The fourth-order valence-corrected chi connectivity index (χ4v) is 1.55. The van der Waals surface area contributed by atoms with Crippen LogP contribution in [0.1, 0.15) is 17.9 Å². The SMILES string of the molecule is Oc1c(Cl)cccc1C1CC1(F)F. The highest BCUT2D eigenvalue weighted by atomic mass is 35.5. The van der Waals surface area contributed by atoms with Crippen molar-refractivity contribution >= 4 is 11.6 Å². The van der Waals surface area contributed by atoms with Crippen LogP contribution in [0.4, 0.5) is 8.78 Å². The predicted molar refractivity (Wildman–Crippen MR) is 45.4 cm³/mol. The molecule has 13 heavy (non-hydrogen) atoms. The summed E-state index contributed by atoms with van der Waals surface area (Å²) < 4.78 is 25.3. The first-order valence-corrected chi connectivity index (χ1v) is 4.25. The summed E-state index contributed by atoms with van der Waals surface area (Å²) in [7, 11) is 0. The normalized spacial score (nSPS) is 24.4. The van der Waals surface area contributed by atoms with E-state index in [9.17, 15) is 13.9 Å². The van der Waals surface area contributed by atoms with Gasteiger partial charge in [-0.15, -0.1) is 0 Å². The summed E-state index contributed by atoms with van der Waals surface area (Å²) in [4.78, 5) is 0. The number of phenolic OH excluding ortho intramolecular Hbond substituents is 1. The summed E-state index contributed by atoms with van der Waals surface area (Å²) in [6.07, 6.45) is -0.194. The van der Waals surface area contributed by atoms with Gasteiger partial charge in [0.1, 0.15) is 5.75 Å². The molecule has 0 bridgehead atoms. The van der Waals surface area contributed by atoms with Gasteiger partial charge in [0.25, 0.3) is 5.92 Å². The molecular weight excluding hydrogens is 198 g/mol. The molecule has 1 nitrogen and oxygen atoms in total. The Kier molecular flexibility index (Phi) is 1.74. The molecule has 1 N–H and O–H groups in total. The molecule has 1 aliphatic carbocycles. The van der Waals surface area contributed by atoms with Crippen LogP contribution in [0.15, 0.2) is 18.2 Å². The Morgan fingerprint density at radius 2 is 2.08 bits per heavy atom. The largest absolute Gasteiger partial charge is 0.506 e. The number of para-hydroxylation sites is 1. The molecule has 0 radical (unpaired) electrons. The van der Waals surface area contributed by atoms with Crippen molar-refractivity contribution in [3.05, 3.63) is 28.8 Å². The highest BCUT2D eigenvalue weighted by Gasteiger charge is 2.58. The third kappa shape index (κ3) is 1.37. The van der Waals surface area contributed by atoms with Crippen molar-refractivity contribution in [2.45, 2.75) is 18.3 Å². The first kappa shape index (κ1) is 8.75. The molecule has 1 aromatic carbocycles. The molecule has 1 saturated carbocycles. The molecular formula is C9H7ClF2O. The van der Waals surface area contributed by atoms with Crippen LogP contribution in [0.5, 0.6) is 5.75 Å². The monoisotopic (exact) mass is 204 g/mol. The summed E-state index contributed by atoms with van der Waals surface area (Å²) in [5.74, 6) is -3.74. The molecule has 1 unspecified atom stereocenters. The van der Waals surface area contributed by atoms with Gasteiger partial charge in [0, 0.05) is 12.0 Å². The van der Waals surface area contributed by atoms with Crippen LogP contribution in [0.2, 0.25) is 5.02 Å². The van der Waals surface area contributed by atoms with Gasteiger partial charge in [0.15, 0.2) is 0 Å². The Labute approximate surface area is 78.9 Å². The van der Waals surface area contributed by atoms with Gasteiger partial charge in [-0.05, 0) is 6.07 Å². The van der Waals surface area contributed by atoms with E-state index >= 15 is 0 Å². The summed E-state index contributed by atoms with van der Waals surface area (Å²) >= 11 is 5.58. The van der Waals surface area contributed by atoms with Gasteiger partial charge in [-0.25, -0.2) is 8.78 Å². The van der Waals surface area contributed by atoms with Crippen LogP contribution >= 0.6 is 11.6 Å². The Balaban J connectivity index is 2.38. The number of rotatable bonds is 1. The molecule has 0 heterocycles. The quantitative estimate of drug-likeness (QED) is 0.745. The first-order chi connectivity index (χ1) is 6.02. The van der Waals surface area contributed by atoms with Gasteiger partial charge in [-0.3, -0.25) is 0 Å². The molecule has 1 aromatic rings. The second-order valence-electron chi connectivity index (χ2n) is 3.20. The number of halogens is 3. The Morgan fingerprint density at radius 3 is 2.62 bits per heavy atom. The molecule has 1 fully saturated rings. The molecule has 0 saturated heterocycles. The van der Waals surface area contributed by atoms with Gasteiger partial charge in [-0.2, -0.15) is 0 Å². The van der Waals surface area contributed by atoms with Crippen LogP contribution in [0.3, 0.4) is 0 Å². The van der Waals surface area contributed by atoms with Crippen LogP contribution in [-0.4, -0.2) is 11.0 Å². The zero-order chi connectivity index (χ0) is 9.64. The summed E-state index contributed by atoms with van der Waals surface area (Å²) in [5.41, 5.74) is 0.248. The summed E-state index contributed by atoms with van der Waals surface area (Å²) in [6.45, 7) is 0. The highest BCUT2D eigenvalue weighted by molar-refractivity contribution is 6.32. The topological polar surface area (TPSA) is 20.2 Å². The molecule has 1 aliphatic rings. The minimum atomic E-state index is -2.66. The van der Waals surface area contributed by atoms with E-state index in [4.69, 9.17) is 11.6 Å². The standard InChI is InChI=1S/C9H7ClF2O/c10-7-3-1-2-5(8(7)13)6-4-9(6,11)12/h1-3,6,13H,4H2. The Hall–Kier alpha value is -0.830. The van der Waals surface area contributed by atoms with Crippen LogP contribution < -0.4 is 0 Å². The fourth-order valence-electron chi connectivity index (χ4n) is 1.36. The number of phenols is 1. The van der Waals surface area contributed by atoms with Gasteiger partial charge in [-0.1, -0.05) is 23.7 Å². The highest BCUT2D eigenvalue weighted by Crippen LogP contribution is 2.58. The second-order valence-corrected chi connectivity index (χ2v) is 3.60. The van der Waals surface area contributed by atoms with Crippen molar-refractivity contribution in [1.82, 2.24) is 0 Å². The third-order valence-corrected chi connectivity index (χ3v) is 2.52. The number of hydrogen-bond acceptors (Lipinski definition) is 1. The predicted octanol–water partition coefficient (Wildman–Crippen LogP) is 3.17. The van der Waals surface area contributed by atoms with Crippen LogP contribution in [0, 0.1) is 0 Å². The average molecular weight is 205 g/mol. The van der Waals surface area contributed by atoms with Crippen molar-refractivity contribution in [2.24, 2.45) is 0 Å². The number of alkyl halides is 2. The lowest BCUT2D eigenvalue weighted by molar-refractivity contribution is 0.111. The van der Waals surface area contributed by atoms with Gasteiger partial charge in [0.2, 0.25) is 0 Å². The lowest BCUT2D eigenvalue weighted by atomic mass is 10.1. The van der Waals surface area contributed by atoms with E-state index in [1.807, 2.05) is 0 Å². The van der Waals surface area contributed by atoms with E-state index in [2.05, 4.69) is 0 Å². The van der Waals surface area contributed by atoms with Gasteiger partial charge >= 0.3 is 0 Å². The van der Waals surface area contributed by atoms with Crippen molar-refractivity contribution in [3.63, 3.8) is 0 Å². The average Bonchev–Trinajstić information content (AvgIpc) is 2.66. The molecule has 0 aliphatic heterocycles. The molecule has 2 rings (SSSR count). The molecule has 70 valence electrons. The summed E-state index contributed by atoms with van der Waals surface area (Å²) in [5, 5.41) is 9.50. The maximum absolute atomic E-state index is 12.6. The van der Waals surface area contributed by atoms with E-state index in [1.165, 1.54) is 12.1 Å². The van der Waals surface area contributed by atoms with Crippen molar-refractivity contribution < 1.29 is 13.9 Å². The Morgan fingerprint density at radius 1 is 1.46 bits per heavy atom. The minimum Gasteiger partial charge on any atom is -0.506 e. The fraction of sp³-hybridized carbons (Fsp3) is 0.333. The smallest absolute Gasteiger partial charge is 0.256 e. The van der Waals surface area contributed by atoms with E-state index < -0.39 is 11.8 Å². The molecule has 0 aromatic heterocycles. The van der Waals surface area contributed by atoms with E-state index in [-0.39, 0.29) is 22.8 Å².